The Morgan fingerprint density at radius 3 is 2.89 bits per heavy atom. The van der Waals surface area contributed by atoms with Gasteiger partial charge in [0.1, 0.15) is 5.82 Å². The predicted molar refractivity (Wildman–Crippen MR) is 73.0 cm³/mol. The number of carbonyl (C=O) groups is 1. The first kappa shape index (κ1) is 14.1. The van der Waals surface area contributed by atoms with E-state index in [4.69, 9.17) is 0 Å². The largest absolute Gasteiger partial charge is 0.481 e. The summed E-state index contributed by atoms with van der Waals surface area (Å²) in [6.45, 7) is 7.40. The van der Waals surface area contributed by atoms with Gasteiger partial charge in [0.2, 0.25) is 0 Å². The van der Waals surface area contributed by atoms with Crippen molar-refractivity contribution in [1.29, 1.82) is 0 Å². The summed E-state index contributed by atoms with van der Waals surface area (Å²) in [4.78, 5) is 18.0. The van der Waals surface area contributed by atoms with Crippen molar-refractivity contribution < 1.29 is 9.90 Å². The standard InChI is InChI=1S/C14H23N3O2/c1-3-4-14(13(18)19)5-7-16(11-14)9-10-17-8-6-15-12(17)2/h6,8H,3-5,7,9-11H2,1-2H3,(H,18,19). The molecule has 0 bridgehead atoms. The van der Waals surface area contributed by atoms with Crippen LogP contribution in [0.5, 0.6) is 0 Å². The number of carboxylic acid groups (broad SMARTS) is 1. The average molecular weight is 265 g/mol. The molecule has 2 rings (SSSR count). The Labute approximate surface area is 114 Å². The minimum atomic E-state index is -0.629. The van der Waals surface area contributed by atoms with Crippen molar-refractivity contribution in [3.63, 3.8) is 0 Å². The molecule has 0 aliphatic carbocycles. The summed E-state index contributed by atoms with van der Waals surface area (Å²) in [5.74, 6) is 0.382. The zero-order valence-corrected chi connectivity index (χ0v) is 11.8. The summed E-state index contributed by atoms with van der Waals surface area (Å²) in [7, 11) is 0. The zero-order valence-electron chi connectivity index (χ0n) is 11.8. The van der Waals surface area contributed by atoms with Crippen LogP contribution in [0.15, 0.2) is 12.4 Å². The Bertz CT molecular complexity index is 444. The van der Waals surface area contributed by atoms with Gasteiger partial charge in [0, 0.05) is 32.0 Å². The zero-order chi connectivity index (χ0) is 13.9. The van der Waals surface area contributed by atoms with Crippen molar-refractivity contribution in [1.82, 2.24) is 14.5 Å². The van der Waals surface area contributed by atoms with Crippen molar-refractivity contribution in [2.45, 2.75) is 39.7 Å². The van der Waals surface area contributed by atoms with Crippen molar-refractivity contribution in [3.8, 4) is 0 Å². The second kappa shape index (κ2) is 5.74. The van der Waals surface area contributed by atoms with E-state index >= 15 is 0 Å². The minimum Gasteiger partial charge on any atom is -0.481 e. The molecule has 2 heterocycles. The van der Waals surface area contributed by atoms with E-state index in [1.54, 1.807) is 6.20 Å². The lowest BCUT2D eigenvalue weighted by Gasteiger charge is -2.24. The Morgan fingerprint density at radius 1 is 1.53 bits per heavy atom. The van der Waals surface area contributed by atoms with E-state index in [0.29, 0.717) is 6.54 Å². The molecule has 0 spiro atoms. The third-order valence-corrected chi connectivity index (χ3v) is 4.20. The maximum Gasteiger partial charge on any atom is 0.310 e. The second-order valence-corrected chi connectivity index (χ2v) is 5.53. The molecular formula is C14H23N3O2. The van der Waals surface area contributed by atoms with E-state index < -0.39 is 11.4 Å². The van der Waals surface area contributed by atoms with Crippen LogP contribution < -0.4 is 0 Å². The molecule has 19 heavy (non-hydrogen) atoms. The smallest absolute Gasteiger partial charge is 0.310 e. The number of hydrogen-bond donors (Lipinski definition) is 1. The normalized spacial score (nSPS) is 23.9. The fraction of sp³-hybridized carbons (Fsp3) is 0.714. The van der Waals surface area contributed by atoms with Crippen molar-refractivity contribution in [2.75, 3.05) is 19.6 Å². The number of imidazole rings is 1. The van der Waals surface area contributed by atoms with Crippen LogP contribution in [0.25, 0.3) is 0 Å². The molecule has 5 heteroatoms. The van der Waals surface area contributed by atoms with Crippen LogP contribution >= 0.6 is 0 Å². The van der Waals surface area contributed by atoms with Crippen molar-refractivity contribution >= 4 is 5.97 Å². The SMILES string of the molecule is CCCC1(C(=O)O)CCN(CCn2ccnc2C)C1. The Hall–Kier alpha value is -1.36. The summed E-state index contributed by atoms with van der Waals surface area (Å²) < 4.78 is 2.11. The van der Waals surface area contributed by atoms with Gasteiger partial charge in [-0.1, -0.05) is 13.3 Å². The molecule has 1 aliphatic heterocycles. The highest BCUT2D eigenvalue weighted by Gasteiger charge is 2.43. The fourth-order valence-corrected chi connectivity index (χ4v) is 3.00. The number of aromatic nitrogens is 2. The first-order valence-electron chi connectivity index (χ1n) is 7.01. The molecular weight excluding hydrogens is 242 g/mol. The molecule has 0 radical (unpaired) electrons. The van der Waals surface area contributed by atoms with Crippen molar-refractivity contribution in [3.05, 3.63) is 18.2 Å². The number of nitrogens with zero attached hydrogens (tertiary/aromatic N) is 3. The van der Waals surface area contributed by atoms with Crippen LogP contribution in [0, 0.1) is 12.3 Å². The van der Waals surface area contributed by atoms with Crippen LogP contribution in [0.2, 0.25) is 0 Å². The molecule has 1 N–H and O–H groups in total. The van der Waals surface area contributed by atoms with Gasteiger partial charge >= 0.3 is 5.97 Å². The first-order valence-corrected chi connectivity index (χ1v) is 7.01. The quantitative estimate of drug-likeness (QED) is 0.851. The highest BCUT2D eigenvalue weighted by Crippen LogP contribution is 2.35. The predicted octanol–water partition coefficient (Wildman–Crippen LogP) is 1.77. The van der Waals surface area contributed by atoms with E-state index in [-0.39, 0.29) is 0 Å². The molecule has 1 fully saturated rings. The van der Waals surface area contributed by atoms with Crippen LogP contribution in [0.4, 0.5) is 0 Å². The monoisotopic (exact) mass is 265 g/mol. The summed E-state index contributed by atoms with van der Waals surface area (Å²) in [5.41, 5.74) is -0.515. The molecule has 0 aromatic carbocycles. The molecule has 5 nitrogen and oxygen atoms in total. The van der Waals surface area contributed by atoms with Gasteiger partial charge in [-0.25, -0.2) is 4.98 Å². The van der Waals surface area contributed by atoms with Gasteiger partial charge in [0.25, 0.3) is 0 Å². The number of rotatable bonds is 6. The van der Waals surface area contributed by atoms with Gasteiger partial charge in [0.15, 0.2) is 0 Å². The van der Waals surface area contributed by atoms with Gasteiger partial charge in [0.05, 0.1) is 5.41 Å². The number of hydrogen-bond acceptors (Lipinski definition) is 3. The molecule has 1 aromatic rings. The fourth-order valence-electron chi connectivity index (χ4n) is 3.00. The molecule has 1 atom stereocenters. The molecule has 1 saturated heterocycles. The van der Waals surface area contributed by atoms with Crippen LogP contribution in [-0.2, 0) is 11.3 Å². The van der Waals surface area contributed by atoms with Gasteiger partial charge in [-0.3, -0.25) is 4.79 Å². The maximum atomic E-state index is 11.5. The molecule has 0 saturated carbocycles. The molecule has 1 unspecified atom stereocenters. The van der Waals surface area contributed by atoms with Gasteiger partial charge < -0.3 is 14.6 Å². The highest BCUT2D eigenvalue weighted by molar-refractivity contribution is 5.75. The third-order valence-electron chi connectivity index (χ3n) is 4.20. The van der Waals surface area contributed by atoms with Gasteiger partial charge in [-0.15, -0.1) is 0 Å². The van der Waals surface area contributed by atoms with E-state index in [2.05, 4.69) is 21.4 Å². The molecule has 1 aliphatic rings. The maximum absolute atomic E-state index is 11.5. The Morgan fingerprint density at radius 2 is 2.32 bits per heavy atom. The lowest BCUT2D eigenvalue weighted by atomic mass is 9.83. The van der Waals surface area contributed by atoms with Crippen LogP contribution in [0.3, 0.4) is 0 Å². The Balaban J connectivity index is 1.91. The van der Waals surface area contributed by atoms with Gasteiger partial charge in [-0.05, 0) is 26.3 Å². The molecule has 0 amide bonds. The lowest BCUT2D eigenvalue weighted by molar-refractivity contribution is -0.148. The summed E-state index contributed by atoms with van der Waals surface area (Å²) in [6.07, 6.45) is 6.27. The summed E-state index contributed by atoms with van der Waals surface area (Å²) >= 11 is 0. The lowest BCUT2D eigenvalue weighted by Crippen LogP contribution is -2.35. The van der Waals surface area contributed by atoms with Crippen LogP contribution in [0.1, 0.15) is 32.0 Å². The number of carboxylic acids is 1. The molecule has 106 valence electrons. The second-order valence-electron chi connectivity index (χ2n) is 5.53. The number of likely N-dealkylation sites (tertiary alicyclic amines) is 1. The van der Waals surface area contributed by atoms with E-state index in [9.17, 15) is 9.90 Å². The summed E-state index contributed by atoms with van der Waals surface area (Å²) in [6, 6.07) is 0. The van der Waals surface area contributed by atoms with E-state index in [1.165, 1.54) is 0 Å². The Kier molecular flexibility index (Phi) is 4.24. The average Bonchev–Trinajstić information content (AvgIpc) is 2.95. The summed E-state index contributed by atoms with van der Waals surface area (Å²) in [5, 5.41) is 9.47. The topological polar surface area (TPSA) is 58.4 Å². The van der Waals surface area contributed by atoms with Gasteiger partial charge in [-0.2, -0.15) is 0 Å². The van der Waals surface area contributed by atoms with E-state index in [1.807, 2.05) is 13.1 Å². The third kappa shape index (κ3) is 2.97. The number of aryl methyl sites for hydroxylation is 1. The van der Waals surface area contributed by atoms with Crippen LogP contribution in [-0.4, -0.2) is 45.2 Å². The van der Waals surface area contributed by atoms with E-state index in [0.717, 1.165) is 44.7 Å². The highest BCUT2D eigenvalue weighted by atomic mass is 16.4. The van der Waals surface area contributed by atoms with Crippen molar-refractivity contribution in [2.24, 2.45) is 5.41 Å². The molecule has 1 aromatic heterocycles. The number of aliphatic carboxylic acids is 1. The first-order chi connectivity index (χ1) is 9.07. The minimum absolute atomic E-state index is 0.515.